The highest BCUT2D eigenvalue weighted by Crippen LogP contribution is 2.46. The molecule has 0 bridgehead atoms. The predicted molar refractivity (Wildman–Crippen MR) is 116 cm³/mol. The summed E-state index contributed by atoms with van der Waals surface area (Å²) < 4.78 is 2.48. The van der Waals surface area contributed by atoms with Crippen molar-refractivity contribution in [3.63, 3.8) is 0 Å². The molecule has 138 valence electrons. The Kier molecular flexibility index (Phi) is 4.63. The van der Waals surface area contributed by atoms with Crippen LogP contribution in [0.4, 0.5) is 0 Å². The Labute approximate surface area is 163 Å². The summed E-state index contributed by atoms with van der Waals surface area (Å²) in [6.45, 7) is 11.4. The van der Waals surface area contributed by atoms with Crippen LogP contribution in [0, 0.1) is 0 Å². The van der Waals surface area contributed by atoms with Crippen molar-refractivity contribution in [3.05, 3.63) is 72.4 Å². The van der Waals surface area contributed by atoms with Crippen LogP contribution < -0.4 is 4.57 Å². The lowest BCUT2D eigenvalue weighted by Gasteiger charge is -2.35. The number of rotatable bonds is 5. The number of benzene rings is 2. The van der Waals surface area contributed by atoms with E-state index in [1.165, 1.54) is 51.6 Å². The Morgan fingerprint density at radius 1 is 0.889 bits per heavy atom. The van der Waals surface area contributed by atoms with Gasteiger partial charge in [0.2, 0.25) is 5.69 Å². The van der Waals surface area contributed by atoms with Gasteiger partial charge >= 0.3 is 0 Å². The molecule has 1 aliphatic rings. The quantitative estimate of drug-likeness (QED) is 0.449. The molecule has 0 amide bonds. The average Bonchev–Trinajstić information content (AvgIpc) is 2.72. The zero-order chi connectivity index (χ0) is 19.0. The molecule has 1 nitrogen and oxygen atoms in total. The van der Waals surface area contributed by atoms with Gasteiger partial charge in [-0.15, -0.1) is 0 Å². The van der Waals surface area contributed by atoms with Gasteiger partial charge in [-0.25, -0.2) is 0 Å². The summed E-state index contributed by atoms with van der Waals surface area (Å²) in [6.07, 6.45) is 7.97. The molecular weight excluding hydrogens is 326 g/mol. The van der Waals surface area contributed by atoms with E-state index in [1.807, 2.05) is 0 Å². The molecule has 0 radical (unpaired) electrons. The van der Waals surface area contributed by atoms with Crippen LogP contribution in [0.25, 0.3) is 27.6 Å². The first kappa shape index (κ1) is 18.0. The van der Waals surface area contributed by atoms with E-state index in [0.29, 0.717) is 0 Å². The predicted octanol–water partition coefficient (Wildman–Crippen LogP) is 6.68. The maximum absolute atomic E-state index is 4.61. The number of nitrogens with zero attached hydrogens (tertiary/aromatic N) is 1. The molecule has 2 aromatic carbocycles. The molecule has 0 spiro atoms. The molecule has 27 heavy (non-hydrogen) atoms. The smallest absolute Gasteiger partial charge is 0.189 e. The molecular formula is C26H30N+. The fourth-order valence-electron chi connectivity index (χ4n) is 4.97. The van der Waals surface area contributed by atoms with Gasteiger partial charge in [-0.05, 0) is 40.8 Å². The van der Waals surface area contributed by atoms with Crippen LogP contribution in [-0.4, -0.2) is 0 Å². The fraction of sp³-hybridized carbons (Fsp3) is 0.346. The van der Waals surface area contributed by atoms with Crippen molar-refractivity contribution < 1.29 is 4.57 Å². The minimum Gasteiger partial charge on any atom is -0.189 e. The number of allylic oxidation sites excluding steroid dienone is 1. The Hall–Kier alpha value is -2.41. The van der Waals surface area contributed by atoms with Crippen LogP contribution in [0.1, 0.15) is 57.6 Å². The van der Waals surface area contributed by atoms with E-state index >= 15 is 0 Å². The van der Waals surface area contributed by atoms with Gasteiger partial charge in [-0.3, -0.25) is 0 Å². The lowest BCUT2D eigenvalue weighted by Crippen LogP contribution is -2.59. The van der Waals surface area contributed by atoms with Crippen LogP contribution >= 0.6 is 0 Å². The van der Waals surface area contributed by atoms with Crippen molar-refractivity contribution in [3.8, 4) is 11.3 Å². The van der Waals surface area contributed by atoms with Crippen molar-refractivity contribution in [2.75, 3.05) is 0 Å². The zero-order valence-electron chi connectivity index (χ0n) is 16.9. The van der Waals surface area contributed by atoms with Crippen LogP contribution in [0.3, 0.4) is 0 Å². The summed E-state index contributed by atoms with van der Waals surface area (Å²) in [4.78, 5) is 0. The minimum absolute atomic E-state index is 0.0307. The summed E-state index contributed by atoms with van der Waals surface area (Å²) in [7, 11) is 0. The third-order valence-corrected chi connectivity index (χ3v) is 6.59. The molecule has 0 fully saturated rings. The summed E-state index contributed by atoms with van der Waals surface area (Å²) in [5.41, 5.74) is 6.69. The van der Waals surface area contributed by atoms with Gasteiger partial charge in [0.25, 0.3) is 0 Å². The van der Waals surface area contributed by atoms with Crippen LogP contribution in [0.2, 0.25) is 0 Å². The SMILES string of the molecule is C=C1c2ccc3c(CCCC)cccc3c2-c2cccc[n+]2C1(CC)CC. The van der Waals surface area contributed by atoms with E-state index in [4.69, 9.17) is 0 Å². The Morgan fingerprint density at radius 2 is 1.70 bits per heavy atom. The minimum atomic E-state index is -0.0307. The van der Waals surface area contributed by atoms with Gasteiger partial charge in [0.05, 0.1) is 5.56 Å². The molecule has 0 unspecified atom stereocenters. The number of aryl methyl sites for hydroxylation is 1. The lowest BCUT2D eigenvalue weighted by atomic mass is 9.74. The maximum atomic E-state index is 4.61. The average molecular weight is 357 g/mol. The number of hydrogen-bond acceptors (Lipinski definition) is 0. The van der Waals surface area contributed by atoms with Crippen LogP contribution in [0.5, 0.6) is 0 Å². The monoisotopic (exact) mass is 356 g/mol. The normalized spacial score (nSPS) is 14.9. The maximum Gasteiger partial charge on any atom is 0.214 e. The first-order valence-corrected chi connectivity index (χ1v) is 10.4. The molecule has 4 rings (SSSR count). The molecule has 3 aromatic rings. The molecule has 1 aromatic heterocycles. The van der Waals surface area contributed by atoms with Crippen molar-refractivity contribution in [1.82, 2.24) is 0 Å². The van der Waals surface area contributed by atoms with Crippen molar-refractivity contribution in [2.45, 2.75) is 58.4 Å². The molecule has 0 atom stereocenters. The highest BCUT2D eigenvalue weighted by atomic mass is 15.1. The Balaban J connectivity index is 2.05. The largest absolute Gasteiger partial charge is 0.214 e. The van der Waals surface area contributed by atoms with Gasteiger partial charge in [0, 0.05) is 30.5 Å². The lowest BCUT2D eigenvalue weighted by molar-refractivity contribution is -0.741. The number of aromatic nitrogens is 1. The van der Waals surface area contributed by atoms with Crippen molar-refractivity contribution in [2.24, 2.45) is 0 Å². The summed E-state index contributed by atoms with van der Waals surface area (Å²) in [5, 5.41) is 2.76. The number of fused-ring (bicyclic) bond motifs is 5. The Morgan fingerprint density at radius 3 is 2.44 bits per heavy atom. The first-order valence-electron chi connectivity index (χ1n) is 10.4. The third kappa shape index (κ3) is 2.56. The Bertz CT molecular complexity index is 1010. The second-order valence-electron chi connectivity index (χ2n) is 7.78. The molecule has 0 saturated carbocycles. The molecule has 0 saturated heterocycles. The summed E-state index contributed by atoms with van der Waals surface area (Å²) in [5.74, 6) is 0. The number of hydrogen-bond donors (Lipinski definition) is 0. The highest BCUT2D eigenvalue weighted by molar-refractivity contribution is 6.03. The van der Waals surface area contributed by atoms with Crippen molar-refractivity contribution in [1.29, 1.82) is 0 Å². The fourth-order valence-corrected chi connectivity index (χ4v) is 4.97. The third-order valence-electron chi connectivity index (χ3n) is 6.59. The first-order chi connectivity index (χ1) is 13.2. The second kappa shape index (κ2) is 6.96. The van der Waals surface area contributed by atoms with Gasteiger partial charge < -0.3 is 0 Å². The van der Waals surface area contributed by atoms with E-state index < -0.39 is 0 Å². The van der Waals surface area contributed by atoms with Gasteiger partial charge in [0.15, 0.2) is 11.7 Å². The van der Waals surface area contributed by atoms with E-state index in [1.54, 1.807) is 0 Å². The van der Waals surface area contributed by atoms with Gasteiger partial charge in [-0.1, -0.05) is 64.1 Å². The van der Waals surface area contributed by atoms with E-state index in [-0.39, 0.29) is 5.54 Å². The summed E-state index contributed by atoms with van der Waals surface area (Å²) >= 11 is 0. The van der Waals surface area contributed by atoms with Crippen molar-refractivity contribution >= 4 is 16.3 Å². The van der Waals surface area contributed by atoms with Gasteiger partial charge in [-0.2, -0.15) is 4.57 Å². The van der Waals surface area contributed by atoms with Crippen LogP contribution in [0.15, 0.2) is 61.3 Å². The highest BCUT2D eigenvalue weighted by Gasteiger charge is 2.46. The van der Waals surface area contributed by atoms with E-state index in [9.17, 15) is 0 Å². The zero-order valence-corrected chi connectivity index (χ0v) is 16.9. The van der Waals surface area contributed by atoms with E-state index in [0.717, 1.165) is 19.3 Å². The molecule has 1 aliphatic heterocycles. The molecule has 0 aliphatic carbocycles. The molecule has 1 heteroatoms. The second-order valence-corrected chi connectivity index (χ2v) is 7.78. The molecule has 0 N–H and O–H groups in total. The van der Waals surface area contributed by atoms with E-state index in [2.05, 4.69) is 86.6 Å². The number of pyridine rings is 1. The topological polar surface area (TPSA) is 3.88 Å². The number of unbranched alkanes of at least 4 members (excludes halogenated alkanes) is 1. The van der Waals surface area contributed by atoms with Crippen LogP contribution in [-0.2, 0) is 12.0 Å². The summed E-state index contributed by atoms with van der Waals surface area (Å²) in [6, 6.07) is 18.1. The molecule has 2 heterocycles. The standard InChI is InChI=1S/C26H30N/c1-5-8-12-20-13-11-14-23-22(20)17-16-21-19(4)26(6-2,7-3)27-18-10-9-15-24(27)25(21)23/h9-11,13-18H,4-8,12H2,1-3H3/q+1. The van der Waals surface area contributed by atoms with Gasteiger partial charge in [0.1, 0.15) is 0 Å².